The molecule has 2 aromatic rings. The van der Waals surface area contributed by atoms with Crippen LogP contribution in [-0.2, 0) is 10.0 Å². The van der Waals surface area contributed by atoms with Gasteiger partial charge in [0.2, 0.25) is 0 Å². The van der Waals surface area contributed by atoms with E-state index < -0.39 is 10.0 Å². The Morgan fingerprint density at radius 2 is 1.95 bits per heavy atom. The normalized spacial score (nSPS) is 11.3. The minimum atomic E-state index is -3.61. The van der Waals surface area contributed by atoms with Crippen LogP contribution in [0.1, 0.15) is 16.0 Å². The van der Waals surface area contributed by atoms with Gasteiger partial charge < -0.3 is 5.73 Å². The van der Waals surface area contributed by atoms with Crippen LogP contribution in [0.25, 0.3) is 0 Å². The SMILES string of the molecule is Cc1ccc(C)c(NS(=O)(=O)c2ccc(C(N)=S)s2)c1. The molecule has 20 heavy (non-hydrogen) atoms. The lowest BCUT2D eigenvalue weighted by Gasteiger charge is -2.10. The third-order valence-corrected chi connectivity index (χ3v) is 6.05. The predicted octanol–water partition coefficient (Wildman–Crippen LogP) is 2.80. The molecule has 7 heteroatoms. The predicted molar refractivity (Wildman–Crippen MR) is 86.9 cm³/mol. The summed E-state index contributed by atoms with van der Waals surface area (Å²) in [7, 11) is -3.61. The Kier molecular flexibility index (Phi) is 4.12. The summed E-state index contributed by atoms with van der Waals surface area (Å²) in [5, 5.41) is 0. The molecule has 0 aliphatic carbocycles. The number of hydrogen-bond donors (Lipinski definition) is 2. The second-order valence-corrected chi connectivity index (χ2v) is 7.84. The van der Waals surface area contributed by atoms with Gasteiger partial charge in [-0.15, -0.1) is 11.3 Å². The quantitative estimate of drug-likeness (QED) is 0.848. The smallest absolute Gasteiger partial charge is 0.271 e. The van der Waals surface area contributed by atoms with Gasteiger partial charge in [0.15, 0.2) is 0 Å². The molecular weight excluding hydrogens is 312 g/mol. The molecule has 0 saturated heterocycles. The van der Waals surface area contributed by atoms with Gasteiger partial charge in [0.1, 0.15) is 9.20 Å². The fourth-order valence-electron chi connectivity index (χ4n) is 1.64. The highest BCUT2D eigenvalue weighted by atomic mass is 32.2. The lowest BCUT2D eigenvalue weighted by atomic mass is 10.1. The maximum atomic E-state index is 12.3. The molecule has 2 rings (SSSR count). The summed E-state index contributed by atoms with van der Waals surface area (Å²) in [5.41, 5.74) is 7.93. The topological polar surface area (TPSA) is 72.2 Å². The van der Waals surface area contributed by atoms with Crippen LogP contribution in [0.3, 0.4) is 0 Å². The Bertz CT molecular complexity index is 764. The highest BCUT2D eigenvalue weighted by Gasteiger charge is 2.18. The van der Waals surface area contributed by atoms with Gasteiger partial charge in [0, 0.05) is 0 Å². The molecule has 4 nitrogen and oxygen atoms in total. The summed E-state index contributed by atoms with van der Waals surface area (Å²) in [5.74, 6) is 0. The number of anilines is 1. The maximum Gasteiger partial charge on any atom is 0.271 e. The molecule has 0 atom stereocenters. The Labute approximate surface area is 127 Å². The van der Waals surface area contributed by atoms with Crippen LogP contribution in [0, 0.1) is 13.8 Å². The van der Waals surface area contributed by atoms with Crippen LogP contribution in [-0.4, -0.2) is 13.4 Å². The molecule has 0 amide bonds. The number of aryl methyl sites for hydroxylation is 2. The first-order chi connectivity index (χ1) is 9.29. The van der Waals surface area contributed by atoms with E-state index in [0.29, 0.717) is 10.6 Å². The summed E-state index contributed by atoms with van der Waals surface area (Å²) in [6, 6.07) is 8.73. The van der Waals surface area contributed by atoms with Gasteiger partial charge in [-0.3, -0.25) is 4.72 Å². The number of benzene rings is 1. The molecule has 106 valence electrons. The number of nitrogens with one attached hydrogen (secondary N) is 1. The molecule has 0 radical (unpaired) electrons. The molecule has 1 aromatic heterocycles. The van der Waals surface area contributed by atoms with Crippen molar-refractivity contribution >= 4 is 44.3 Å². The Hall–Kier alpha value is -1.44. The third-order valence-electron chi connectivity index (χ3n) is 2.73. The molecular formula is C13H14N2O2S3. The van der Waals surface area contributed by atoms with Crippen molar-refractivity contribution in [3.8, 4) is 0 Å². The second kappa shape index (κ2) is 5.51. The van der Waals surface area contributed by atoms with Crippen molar-refractivity contribution in [1.82, 2.24) is 0 Å². The Morgan fingerprint density at radius 3 is 2.55 bits per heavy atom. The third kappa shape index (κ3) is 3.17. The summed E-state index contributed by atoms with van der Waals surface area (Å²) in [4.78, 5) is 0.782. The number of nitrogens with two attached hydrogens (primary N) is 1. The van der Waals surface area contributed by atoms with Crippen LogP contribution in [0.15, 0.2) is 34.5 Å². The van der Waals surface area contributed by atoms with Crippen molar-refractivity contribution < 1.29 is 8.42 Å². The van der Waals surface area contributed by atoms with Crippen molar-refractivity contribution in [2.24, 2.45) is 5.73 Å². The van der Waals surface area contributed by atoms with Gasteiger partial charge in [-0.1, -0.05) is 24.4 Å². The first-order valence-corrected chi connectivity index (χ1v) is 8.50. The minimum absolute atomic E-state index is 0.196. The lowest BCUT2D eigenvalue weighted by Crippen LogP contribution is -2.12. The van der Waals surface area contributed by atoms with E-state index in [0.717, 1.165) is 22.5 Å². The largest absolute Gasteiger partial charge is 0.389 e. The zero-order valence-corrected chi connectivity index (χ0v) is 13.5. The van der Waals surface area contributed by atoms with Crippen LogP contribution in [0.2, 0.25) is 0 Å². The fourth-order valence-corrected chi connectivity index (χ4v) is 4.11. The second-order valence-electron chi connectivity index (χ2n) is 4.41. The first-order valence-electron chi connectivity index (χ1n) is 5.79. The van der Waals surface area contributed by atoms with E-state index in [9.17, 15) is 8.42 Å². The molecule has 0 aliphatic rings. The lowest BCUT2D eigenvalue weighted by molar-refractivity contribution is 0.603. The average Bonchev–Trinajstić information content (AvgIpc) is 2.84. The Morgan fingerprint density at radius 1 is 1.25 bits per heavy atom. The van der Waals surface area contributed by atoms with Crippen LogP contribution < -0.4 is 10.5 Å². The zero-order valence-electron chi connectivity index (χ0n) is 11.0. The number of hydrogen-bond acceptors (Lipinski definition) is 4. The van der Waals surface area contributed by atoms with E-state index in [4.69, 9.17) is 18.0 Å². The van der Waals surface area contributed by atoms with Gasteiger partial charge in [0.25, 0.3) is 10.0 Å². The van der Waals surface area contributed by atoms with Crippen LogP contribution >= 0.6 is 23.6 Å². The zero-order chi connectivity index (χ0) is 14.9. The van der Waals surface area contributed by atoms with E-state index in [-0.39, 0.29) is 9.20 Å². The van der Waals surface area contributed by atoms with Crippen molar-refractivity contribution in [1.29, 1.82) is 0 Å². The molecule has 0 bridgehead atoms. The summed E-state index contributed by atoms with van der Waals surface area (Å²) in [6.07, 6.45) is 0. The number of thiophene rings is 1. The molecule has 0 aliphatic heterocycles. The number of rotatable bonds is 4. The summed E-state index contributed by atoms with van der Waals surface area (Å²) in [6.45, 7) is 3.76. The van der Waals surface area contributed by atoms with E-state index in [2.05, 4.69) is 4.72 Å². The monoisotopic (exact) mass is 326 g/mol. The van der Waals surface area contributed by atoms with Gasteiger partial charge in [-0.2, -0.15) is 0 Å². The van der Waals surface area contributed by atoms with Crippen molar-refractivity contribution in [3.05, 3.63) is 46.3 Å². The number of sulfonamides is 1. The summed E-state index contributed by atoms with van der Waals surface area (Å²) >= 11 is 5.90. The van der Waals surface area contributed by atoms with Gasteiger partial charge in [-0.25, -0.2) is 8.42 Å². The van der Waals surface area contributed by atoms with E-state index in [1.165, 1.54) is 6.07 Å². The molecule has 1 heterocycles. The van der Waals surface area contributed by atoms with Crippen LogP contribution in [0.4, 0.5) is 5.69 Å². The molecule has 1 aromatic carbocycles. The molecule has 0 saturated carbocycles. The van der Waals surface area contributed by atoms with Gasteiger partial charge in [0.05, 0.1) is 10.6 Å². The standard InChI is InChI=1S/C13H14N2O2S3/c1-8-3-4-9(2)10(7-8)15-20(16,17)12-6-5-11(19-12)13(14)18/h3-7,15H,1-2H3,(H2,14,18). The molecule has 0 fully saturated rings. The number of thiocarbonyl (C=S) groups is 1. The van der Waals surface area contributed by atoms with Crippen LogP contribution in [0.5, 0.6) is 0 Å². The Balaban J connectivity index is 2.35. The van der Waals surface area contributed by atoms with Gasteiger partial charge in [-0.05, 0) is 43.2 Å². The van der Waals surface area contributed by atoms with Crippen molar-refractivity contribution in [2.45, 2.75) is 18.1 Å². The average molecular weight is 326 g/mol. The molecule has 3 N–H and O–H groups in total. The fraction of sp³-hybridized carbons (Fsp3) is 0.154. The maximum absolute atomic E-state index is 12.3. The minimum Gasteiger partial charge on any atom is -0.389 e. The van der Waals surface area contributed by atoms with E-state index in [1.54, 1.807) is 12.1 Å². The van der Waals surface area contributed by atoms with Crippen molar-refractivity contribution in [3.63, 3.8) is 0 Å². The molecule has 0 spiro atoms. The van der Waals surface area contributed by atoms with Gasteiger partial charge >= 0.3 is 0 Å². The van der Waals surface area contributed by atoms with E-state index >= 15 is 0 Å². The first kappa shape index (κ1) is 15.0. The summed E-state index contributed by atoms with van der Waals surface area (Å²) < 4.78 is 27.4. The van der Waals surface area contributed by atoms with Crippen molar-refractivity contribution in [2.75, 3.05) is 4.72 Å². The highest BCUT2D eigenvalue weighted by molar-refractivity contribution is 7.94. The molecule has 0 unspecified atom stereocenters. The highest BCUT2D eigenvalue weighted by Crippen LogP contribution is 2.25. The van der Waals surface area contributed by atoms with E-state index in [1.807, 2.05) is 26.0 Å².